The molecular weight excluding hydrogens is 346 g/mol. The summed E-state index contributed by atoms with van der Waals surface area (Å²) in [6, 6.07) is 13.2. The van der Waals surface area contributed by atoms with Gasteiger partial charge in [0.1, 0.15) is 6.04 Å². The second-order valence-electron chi connectivity index (χ2n) is 6.45. The molecule has 1 fully saturated rings. The van der Waals surface area contributed by atoms with Crippen molar-refractivity contribution in [2.45, 2.75) is 12.5 Å². The predicted molar refractivity (Wildman–Crippen MR) is 103 cm³/mol. The molecule has 1 heterocycles. The highest BCUT2D eigenvalue weighted by molar-refractivity contribution is 6.23. The van der Waals surface area contributed by atoms with Crippen LogP contribution in [0.4, 0.5) is 17.1 Å². The van der Waals surface area contributed by atoms with Gasteiger partial charge in [-0.3, -0.25) is 9.59 Å². The summed E-state index contributed by atoms with van der Waals surface area (Å²) in [4.78, 5) is 39.7. The minimum atomic E-state index is -0.622. The van der Waals surface area contributed by atoms with E-state index in [1.807, 2.05) is 43.3 Å². The highest BCUT2D eigenvalue weighted by atomic mass is 16.5. The Bertz CT molecular complexity index is 860. The Labute approximate surface area is 157 Å². The molecule has 27 heavy (non-hydrogen) atoms. The van der Waals surface area contributed by atoms with Gasteiger partial charge in [-0.25, -0.2) is 9.69 Å². The Morgan fingerprint density at radius 3 is 2.26 bits per heavy atom. The number of esters is 1. The average molecular weight is 367 g/mol. The highest BCUT2D eigenvalue weighted by Crippen LogP contribution is 2.26. The average Bonchev–Trinajstić information content (AvgIpc) is 2.95. The maximum Gasteiger partial charge on any atom is 0.337 e. The summed E-state index contributed by atoms with van der Waals surface area (Å²) in [5.74, 6) is -1.07. The first-order chi connectivity index (χ1) is 12.9. The fourth-order valence-corrected chi connectivity index (χ4v) is 2.94. The zero-order chi connectivity index (χ0) is 19.6. The van der Waals surface area contributed by atoms with Gasteiger partial charge in [-0.1, -0.05) is 0 Å². The largest absolute Gasteiger partial charge is 0.465 e. The molecule has 1 unspecified atom stereocenters. The standard InChI is InChI=1S/C20H21N3O4/c1-22(2)15-10-6-14(7-11-15)21-17-12-18(24)23(19(17)25)16-8-4-13(5-9-16)20(26)27-3/h4-11,17,21H,12H2,1-3H3. The van der Waals surface area contributed by atoms with E-state index in [9.17, 15) is 14.4 Å². The zero-order valence-electron chi connectivity index (χ0n) is 15.4. The van der Waals surface area contributed by atoms with Gasteiger partial charge in [0.05, 0.1) is 24.8 Å². The Morgan fingerprint density at radius 2 is 1.70 bits per heavy atom. The molecule has 2 aromatic rings. The molecule has 3 rings (SSSR count). The second-order valence-corrected chi connectivity index (χ2v) is 6.45. The molecule has 1 aliphatic heterocycles. The third-order valence-corrected chi connectivity index (χ3v) is 4.42. The molecule has 0 bridgehead atoms. The van der Waals surface area contributed by atoms with Crippen LogP contribution in [0.25, 0.3) is 0 Å². The summed E-state index contributed by atoms with van der Waals surface area (Å²) in [5, 5.41) is 3.12. The number of hydrogen-bond donors (Lipinski definition) is 1. The molecule has 2 amide bonds. The molecule has 140 valence electrons. The van der Waals surface area contributed by atoms with Gasteiger partial charge in [0.25, 0.3) is 5.91 Å². The van der Waals surface area contributed by atoms with Gasteiger partial charge in [-0.05, 0) is 48.5 Å². The van der Waals surface area contributed by atoms with Gasteiger partial charge in [0, 0.05) is 25.5 Å². The van der Waals surface area contributed by atoms with Crippen LogP contribution < -0.4 is 15.1 Å². The molecule has 7 heteroatoms. The number of carbonyl (C=O) groups excluding carboxylic acids is 3. The lowest BCUT2D eigenvalue weighted by Crippen LogP contribution is -2.34. The lowest BCUT2D eigenvalue weighted by molar-refractivity contribution is -0.121. The molecular formula is C20H21N3O4. The van der Waals surface area contributed by atoms with E-state index in [2.05, 4.69) is 10.1 Å². The number of benzene rings is 2. The fourth-order valence-electron chi connectivity index (χ4n) is 2.94. The van der Waals surface area contributed by atoms with E-state index in [4.69, 9.17) is 0 Å². The number of nitrogens with zero attached hydrogens (tertiary/aromatic N) is 2. The van der Waals surface area contributed by atoms with Crippen LogP contribution in [0.5, 0.6) is 0 Å². The van der Waals surface area contributed by atoms with Crippen LogP contribution >= 0.6 is 0 Å². The molecule has 0 spiro atoms. The monoisotopic (exact) mass is 367 g/mol. The Kier molecular flexibility index (Phi) is 5.12. The molecule has 1 saturated heterocycles. The third-order valence-electron chi connectivity index (χ3n) is 4.42. The topological polar surface area (TPSA) is 79.0 Å². The molecule has 1 aliphatic rings. The highest BCUT2D eigenvalue weighted by Gasteiger charge is 2.39. The summed E-state index contributed by atoms with van der Waals surface area (Å²) in [6.45, 7) is 0. The summed E-state index contributed by atoms with van der Waals surface area (Å²) >= 11 is 0. The van der Waals surface area contributed by atoms with Crippen molar-refractivity contribution in [1.29, 1.82) is 0 Å². The Balaban J connectivity index is 1.73. The Hall–Kier alpha value is -3.35. The summed E-state index contributed by atoms with van der Waals surface area (Å²) < 4.78 is 4.65. The summed E-state index contributed by atoms with van der Waals surface area (Å²) in [7, 11) is 5.20. The minimum absolute atomic E-state index is 0.0764. The van der Waals surface area contributed by atoms with E-state index in [0.29, 0.717) is 11.3 Å². The van der Waals surface area contributed by atoms with Gasteiger partial charge in [0.2, 0.25) is 5.91 Å². The van der Waals surface area contributed by atoms with Crippen LogP contribution in [0.2, 0.25) is 0 Å². The maximum absolute atomic E-state index is 12.7. The first-order valence-electron chi connectivity index (χ1n) is 8.50. The van der Waals surface area contributed by atoms with Gasteiger partial charge in [-0.15, -0.1) is 0 Å². The number of carbonyl (C=O) groups is 3. The van der Waals surface area contributed by atoms with Crippen molar-refractivity contribution in [3.63, 3.8) is 0 Å². The smallest absolute Gasteiger partial charge is 0.337 e. The molecule has 0 aliphatic carbocycles. The van der Waals surface area contributed by atoms with Crippen molar-refractivity contribution in [2.24, 2.45) is 0 Å². The molecule has 7 nitrogen and oxygen atoms in total. The van der Waals surface area contributed by atoms with E-state index in [0.717, 1.165) is 16.3 Å². The lowest BCUT2D eigenvalue weighted by Gasteiger charge is -2.17. The number of nitrogens with one attached hydrogen (secondary N) is 1. The van der Waals surface area contributed by atoms with Crippen molar-refractivity contribution >= 4 is 34.8 Å². The third kappa shape index (κ3) is 3.76. The molecule has 0 aromatic heterocycles. The van der Waals surface area contributed by atoms with Crippen LogP contribution in [0.3, 0.4) is 0 Å². The Morgan fingerprint density at radius 1 is 1.07 bits per heavy atom. The normalized spacial score (nSPS) is 16.4. The summed E-state index contributed by atoms with van der Waals surface area (Å²) in [6.07, 6.45) is 0.0764. The first kappa shape index (κ1) is 18.4. The van der Waals surface area contributed by atoms with E-state index in [-0.39, 0.29) is 18.2 Å². The number of ether oxygens (including phenoxy) is 1. The minimum Gasteiger partial charge on any atom is -0.465 e. The first-order valence-corrected chi connectivity index (χ1v) is 8.50. The van der Waals surface area contributed by atoms with E-state index in [1.165, 1.54) is 19.2 Å². The number of anilines is 3. The fraction of sp³-hybridized carbons (Fsp3) is 0.250. The predicted octanol–water partition coefficient (Wildman–Crippen LogP) is 2.28. The van der Waals surface area contributed by atoms with Crippen molar-refractivity contribution < 1.29 is 19.1 Å². The van der Waals surface area contributed by atoms with Gasteiger partial charge in [-0.2, -0.15) is 0 Å². The molecule has 2 aromatic carbocycles. The molecule has 0 saturated carbocycles. The number of rotatable bonds is 5. The molecule has 1 atom stereocenters. The summed E-state index contributed by atoms with van der Waals surface area (Å²) in [5.41, 5.74) is 2.61. The number of imide groups is 1. The van der Waals surface area contributed by atoms with Crippen LogP contribution in [0, 0.1) is 0 Å². The molecule has 0 radical (unpaired) electrons. The zero-order valence-corrected chi connectivity index (χ0v) is 15.4. The van der Waals surface area contributed by atoms with Crippen molar-refractivity contribution in [1.82, 2.24) is 0 Å². The number of amides is 2. The van der Waals surface area contributed by atoms with E-state index >= 15 is 0 Å². The molecule has 1 N–H and O–H groups in total. The van der Waals surface area contributed by atoms with Gasteiger partial charge < -0.3 is 15.0 Å². The van der Waals surface area contributed by atoms with Crippen LogP contribution in [0.15, 0.2) is 48.5 Å². The van der Waals surface area contributed by atoms with Crippen LogP contribution in [0.1, 0.15) is 16.8 Å². The lowest BCUT2D eigenvalue weighted by atomic mass is 10.2. The maximum atomic E-state index is 12.7. The second kappa shape index (κ2) is 7.49. The number of hydrogen-bond acceptors (Lipinski definition) is 6. The van der Waals surface area contributed by atoms with Gasteiger partial charge >= 0.3 is 5.97 Å². The van der Waals surface area contributed by atoms with Crippen molar-refractivity contribution in [2.75, 3.05) is 36.3 Å². The van der Waals surface area contributed by atoms with E-state index < -0.39 is 12.0 Å². The van der Waals surface area contributed by atoms with Crippen molar-refractivity contribution in [3.8, 4) is 0 Å². The van der Waals surface area contributed by atoms with Gasteiger partial charge in [0.15, 0.2) is 0 Å². The SMILES string of the molecule is COC(=O)c1ccc(N2C(=O)CC(Nc3ccc(N(C)C)cc3)C2=O)cc1. The van der Waals surface area contributed by atoms with Crippen molar-refractivity contribution in [3.05, 3.63) is 54.1 Å². The van der Waals surface area contributed by atoms with Crippen LogP contribution in [-0.2, 0) is 14.3 Å². The van der Waals surface area contributed by atoms with E-state index in [1.54, 1.807) is 12.1 Å². The number of methoxy groups -OCH3 is 1. The van der Waals surface area contributed by atoms with Crippen LogP contribution in [-0.4, -0.2) is 45.0 Å². The quantitative estimate of drug-likeness (QED) is 0.645.